The van der Waals surface area contributed by atoms with Gasteiger partial charge in [-0.1, -0.05) is 42.0 Å². The van der Waals surface area contributed by atoms with Crippen molar-refractivity contribution >= 4 is 11.6 Å². The summed E-state index contributed by atoms with van der Waals surface area (Å²) in [4.78, 5) is 12.7. The third kappa shape index (κ3) is 2.58. The van der Waals surface area contributed by atoms with Gasteiger partial charge in [0.15, 0.2) is 0 Å². The van der Waals surface area contributed by atoms with E-state index in [-0.39, 0.29) is 11.3 Å². The maximum absolute atomic E-state index is 12.7. The first kappa shape index (κ1) is 13.9. The van der Waals surface area contributed by atoms with Crippen LogP contribution in [0.3, 0.4) is 0 Å². The van der Waals surface area contributed by atoms with Crippen molar-refractivity contribution in [1.82, 2.24) is 0 Å². The second kappa shape index (κ2) is 5.03. The largest absolute Gasteiger partial charge is 0.325 e. The van der Waals surface area contributed by atoms with E-state index < -0.39 is 0 Å². The molecule has 1 aliphatic carbocycles. The zero-order chi connectivity index (χ0) is 15.0. The molecule has 1 saturated carbocycles. The van der Waals surface area contributed by atoms with Crippen molar-refractivity contribution in [2.24, 2.45) is 0 Å². The number of amides is 1. The van der Waals surface area contributed by atoms with Gasteiger partial charge in [0.25, 0.3) is 0 Å². The van der Waals surface area contributed by atoms with Crippen molar-refractivity contribution in [3.8, 4) is 0 Å². The van der Waals surface area contributed by atoms with Crippen LogP contribution >= 0.6 is 0 Å². The van der Waals surface area contributed by atoms with Crippen LogP contribution in [-0.2, 0) is 10.2 Å². The van der Waals surface area contributed by atoms with Crippen molar-refractivity contribution in [2.75, 3.05) is 5.32 Å². The summed E-state index contributed by atoms with van der Waals surface area (Å²) in [6.07, 6.45) is 1.87. The first-order chi connectivity index (χ1) is 10.0. The number of hydrogen-bond donors (Lipinski definition) is 1. The molecular formula is C19H21NO. The van der Waals surface area contributed by atoms with Crippen LogP contribution in [0.5, 0.6) is 0 Å². The van der Waals surface area contributed by atoms with Gasteiger partial charge >= 0.3 is 0 Å². The van der Waals surface area contributed by atoms with Gasteiger partial charge < -0.3 is 5.32 Å². The Balaban J connectivity index is 1.85. The molecule has 2 aromatic carbocycles. The molecule has 0 saturated heterocycles. The molecule has 1 fully saturated rings. The summed E-state index contributed by atoms with van der Waals surface area (Å²) in [6.45, 7) is 6.14. The van der Waals surface area contributed by atoms with Crippen LogP contribution in [0.2, 0.25) is 0 Å². The zero-order valence-corrected chi connectivity index (χ0v) is 12.9. The minimum atomic E-state index is -0.316. The number of carbonyl (C=O) groups excluding carboxylic acids is 1. The van der Waals surface area contributed by atoms with E-state index in [1.54, 1.807) is 0 Å². The summed E-state index contributed by atoms with van der Waals surface area (Å²) in [5.74, 6) is 0.125. The maximum atomic E-state index is 12.7. The molecular weight excluding hydrogens is 258 g/mol. The van der Waals surface area contributed by atoms with E-state index in [0.717, 1.165) is 35.2 Å². The van der Waals surface area contributed by atoms with Gasteiger partial charge in [0.2, 0.25) is 5.91 Å². The van der Waals surface area contributed by atoms with Crippen molar-refractivity contribution in [2.45, 2.75) is 39.0 Å². The third-order valence-corrected chi connectivity index (χ3v) is 4.43. The highest BCUT2D eigenvalue weighted by Crippen LogP contribution is 2.49. The molecule has 0 aromatic heterocycles. The van der Waals surface area contributed by atoms with E-state index >= 15 is 0 Å². The smallest absolute Gasteiger partial charge is 0.235 e. The van der Waals surface area contributed by atoms with Crippen molar-refractivity contribution in [1.29, 1.82) is 0 Å². The minimum absolute atomic E-state index is 0.125. The Kier molecular flexibility index (Phi) is 3.32. The van der Waals surface area contributed by atoms with Crippen molar-refractivity contribution in [3.63, 3.8) is 0 Å². The van der Waals surface area contributed by atoms with Crippen LogP contribution in [-0.4, -0.2) is 5.91 Å². The fourth-order valence-electron chi connectivity index (χ4n) is 2.76. The predicted octanol–water partition coefficient (Wildman–Crippen LogP) is 4.28. The number of rotatable bonds is 3. The number of anilines is 1. The van der Waals surface area contributed by atoms with Gasteiger partial charge in [-0.25, -0.2) is 0 Å². The average Bonchev–Trinajstić information content (AvgIpc) is 3.25. The summed E-state index contributed by atoms with van der Waals surface area (Å²) in [7, 11) is 0. The Morgan fingerprint density at radius 2 is 1.57 bits per heavy atom. The van der Waals surface area contributed by atoms with Crippen LogP contribution in [0.25, 0.3) is 0 Å². The molecule has 0 atom stereocenters. The van der Waals surface area contributed by atoms with Crippen molar-refractivity contribution < 1.29 is 4.79 Å². The van der Waals surface area contributed by atoms with E-state index in [1.165, 1.54) is 5.56 Å². The Labute approximate surface area is 126 Å². The van der Waals surface area contributed by atoms with Crippen LogP contribution in [0.15, 0.2) is 42.5 Å². The predicted molar refractivity (Wildman–Crippen MR) is 86.6 cm³/mol. The number of carbonyl (C=O) groups is 1. The van der Waals surface area contributed by atoms with Crippen LogP contribution in [0, 0.1) is 20.8 Å². The van der Waals surface area contributed by atoms with Gasteiger partial charge in [0.1, 0.15) is 0 Å². The highest BCUT2D eigenvalue weighted by molar-refractivity contribution is 6.01. The minimum Gasteiger partial charge on any atom is -0.325 e. The normalized spacial score (nSPS) is 15.6. The molecule has 0 bridgehead atoms. The summed E-state index contributed by atoms with van der Waals surface area (Å²) in [6, 6.07) is 14.5. The molecule has 0 unspecified atom stereocenters. The topological polar surface area (TPSA) is 29.1 Å². The molecule has 1 aliphatic rings. The number of benzene rings is 2. The molecule has 1 amide bonds. The van der Waals surface area contributed by atoms with Gasteiger partial charge in [-0.05, 0) is 56.4 Å². The summed E-state index contributed by atoms with van der Waals surface area (Å²) in [5, 5.41) is 3.13. The Morgan fingerprint density at radius 3 is 2.19 bits per heavy atom. The van der Waals surface area contributed by atoms with E-state index in [2.05, 4.69) is 48.6 Å². The summed E-state index contributed by atoms with van der Waals surface area (Å²) < 4.78 is 0. The van der Waals surface area contributed by atoms with Crippen molar-refractivity contribution in [3.05, 3.63) is 64.7 Å². The van der Waals surface area contributed by atoms with Gasteiger partial charge in [-0.15, -0.1) is 0 Å². The molecule has 3 rings (SSSR count). The molecule has 1 N–H and O–H groups in total. The lowest BCUT2D eigenvalue weighted by Gasteiger charge is -2.17. The molecule has 21 heavy (non-hydrogen) atoms. The summed E-state index contributed by atoms with van der Waals surface area (Å²) >= 11 is 0. The van der Waals surface area contributed by atoms with Crippen LogP contribution in [0.1, 0.15) is 35.1 Å². The number of hydrogen-bond acceptors (Lipinski definition) is 1. The Bertz CT molecular complexity index is 681. The third-order valence-electron chi connectivity index (χ3n) is 4.43. The molecule has 2 nitrogen and oxygen atoms in total. The second-order valence-electron chi connectivity index (χ2n) is 6.22. The highest BCUT2D eigenvalue weighted by Gasteiger charge is 2.51. The van der Waals surface area contributed by atoms with E-state index in [4.69, 9.17) is 0 Å². The van der Waals surface area contributed by atoms with E-state index in [0.29, 0.717) is 0 Å². The molecule has 2 heteroatoms. The fraction of sp³-hybridized carbons (Fsp3) is 0.316. The Hall–Kier alpha value is -2.09. The fourth-order valence-corrected chi connectivity index (χ4v) is 2.76. The molecule has 0 radical (unpaired) electrons. The van der Waals surface area contributed by atoms with Gasteiger partial charge in [0, 0.05) is 5.69 Å². The van der Waals surface area contributed by atoms with Crippen LogP contribution < -0.4 is 5.32 Å². The van der Waals surface area contributed by atoms with E-state index in [9.17, 15) is 4.79 Å². The molecule has 0 spiro atoms. The highest BCUT2D eigenvalue weighted by atomic mass is 16.2. The van der Waals surface area contributed by atoms with Crippen LogP contribution in [0.4, 0.5) is 5.69 Å². The maximum Gasteiger partial charge on any atom is 0.235 e. The molecule has 0 aliphatic heterocycles. The number of aryl methyl sites for hydroxylation is 3. The van der Waals surface area contributed by atoms with Gasteiger partial charge in [-0.2, -0.15) is 0 Å². The standard InChI is InChI=1S/C19H21NO/c1-13-5-8-16(9-6-13)19(10-11-19)18(21)20-17-12-14(2)4-7-15(17)3/h4-9,12H,10-11H2,1-3H3,(H,20,21). The summed E-state index contributed by atoms with van der Waals surface area (Å²) in [5.41, 5.74) is 5.24. The van der Waals surface area contributed by atoms with Gasteiger partial charge in [0.05, 0.1) is 5.41 Å². The zero-order valence-electron chi connectivity index (χ0n) is 12.9. The number of nitrogens with one attached hydrogen (secondary N) is 1. The SMILES string of the molecule is Cc1ccc(C2(C(=O)Nc3cc(C)ccc3C)CC2)cc1. The quantitative estimate of drug-likeness (QED) is 0.892. The molecule has 108 valence electrons. The first-order valence-corrected chi connectivity index (χ1v) is 7.47. The first-order valence-electron chi connectivity index (χ1n) is 7.47. The second-order valence-corrected chi connectivity index (χ2v) is 6.22. The molecule has 2 aromatic rings. The monoisotopic (exact) mass is 279 g/mol. The molecule has 0 heterocycles. The van der Waals surface area contributed by atoms with Gasteiger partial charge in [-0.3, -0.25) is 4.79 Å². The lowest BCUT2D eigenvalue weighted by molar-refractivity contribution is -0.118. The average molecular weight is 279 g/mol. The lowest BCUT2D eigenvalue weighted by Crippen LogP contribution is -2.28. The Morgan fingerprint density at radius 1 is 0.952 bits per heavy atom. The lowest BCUT2D eigenvalue weighted by atomic mass is 9.94. The van der Waals surface area contributed by atoms with E-state index in [1.807, 2.05) is 19.9 Å².